The number of nitrogens with zero attached hydrogens (tertiary/aromatic N) is 1. The maximum absolute atomic E-state index is 13.4. The number of amides is 3. The van der Waals surface area contributed by atoms with Gasteiger partial charge in [-0.1, -0.05) is 35.6 Å². The van der Waals surface area contributed by atoms with E-state index in [1.165, 1.54) is 23.9 Å². The van der Waals surface area contributed by atoms with Gasteiger partial charge in [0.1, 0.15) is 12.3 Å². The van der Waals surface area contributed by atoms with Crippen LogP contribution in [0.5, 0.6) is 5.75 Å². The molecule has 3 fully saturated rings. The van der Waals surface area contributed by atoms with Crippen LogP contribution in [0.3, 0.4) is 0 Å². The number of aromatic amines is 1. The number of rotatable bonds is 7. The summed E-state index contributed by atoms with van der Waals surface area (Å²) in [5, 5.41) is 12.1. The summed E-state index contributed by atoms with van der Waals surface area (Å²) in [5.74, 6) is -4.79. The predicted molar refractivity (Wildman–Crippen MR) is 155 cm³/mol. The number of carbonyl (C=O) groups excluding carboxylic acids is 3. The molecule has 1 saturated heterocycles. The Morgan fingerprint density at radius 2 is 1.78 bits per heavy atom. The lowest BCUT2D eigenvalue weighted by Gasteiger charge is -2.43. The Kier molecular flexibility index (Phi) is 7.07. The lowest BCUT2D eigenvalue weighted by atomic mass is 9.68. The molecule has 3 amide bonds. The van der Waals surface area contributed by atoms with Crippen LogP contribution in [0.15, 0.2) is 58.4 Å². The molecule has 2 saturated carbocycles. The second-order valence-corrected chi connectivity index (χ2v) is 13.8. The molecule has 7 atom stereocenters. The number of carboxylic acids is 1. The third-order valence-corrected chi connectivity index (χ3v) is 11.8. The number of carbonyl (C=O) groups is 4. The normalized spacial score (nSPS) is 28.1. The number of thioether (sulfide) groups is 1. The van der Waals surface area contributed by atoms with E-state index in [4.69, 9.17) is 4.74 Å². The minimum Gasteiger partial charge on any atom is -0.484 e. The molecule has 0 spiro atoms. The van der Waals surface area contributed by atoms with E-state index in [-0.39, 0.29) is 45.2 Å². The van der Waals surface area contributed by atoms with Crippen molar-refractivity contribution in [1.29, 1.82) is 0 Å². The molecule has 2 bridgehead atoms. The summed E-state index contributed by atoms with van der Waals surface area (Å²) in [6.45, 7) is -1.24. The molecule has 3 aromatic rings. The number of carboxylic acid groups (broad SMARTS) is 1. The largest absolute Gasteiger partial charge is 0.484 e. The summed E-state index contributed by atoms with van der Waals surface area (Å²) >= 11 is 2.56. The topological polar surface area (TPSA) is 146 Å². The smallest absolute Gasteiger partial charge is 0.418 e. The second-order valence-electron chi connectivity index (χ2n) is 11.6. The van der Waals surface area contributed by atoms with Gasteiger partial charge in [0.05, 0.1) is 28.1 Å². The van der Waals surface area contributed by atoms with E-state index >= 15 is 0 Å². The van der Waals surface area contributed by atoms with E-state index in [1.807, 2.05) is 6.07 Å². The SMILES string of the molecule is O=C(O)CN1C(=O)C2C3CC(C2C1=O)C1C3Sc2[nH]c(=O)sc2[C@@H]1c1cccc(OCC(=O)Nc2ccccc2C(F)(F)F)c1. The number of benzene rings is 2. The van der Waals surface area contributed by atoms with Crippen molar-refractivity contribution in [3.63, 3.8) is 0 Å². The summed E-state index contributed by atoms with van der Waals surface area (Å²) in [4.78, 5) is 67.3. The van der Waals surface area contributed by atoms with Crippen molar-refractivity contribution in [3.8, 4) is 5.75 Å². The Hall–Kier alpha value is -4.11. The van der Waals surface area contributed by atoms with Crippen molar-refractivity contribution in [2.45, 2.75) is 28.8 Å². The molecular formula is C30H24F3N3O7S2. The highest BCUT2D eigenvalue weighted by atomic mass is 32.2. The first-order valence-electron chi connectivity index (χ1n) is 14.1. The Bertz CT molecular complexity index is 1810. The molecule has 1 aromatic heterocycles. The van der Waals surface area contributed by atoms with Gasteiger partial charge in [-0.25, -0.2) is 0 Å². The Labute approximate surface area is 261 Å². The first-order chi connectivity index (χ1) is 21.4. The number of para-hydroxylation sites is 1. The zero-order valence-electron chi connectivity index (χ0n) is 23.1. The van der Waals surface area contributed by atoms with Gasteiger partial charge < -0.3 is 20.1 Å². The van der Waals surface area contributed by atoms with Crippen LogP contribution >= 0.6 is 23.1 Å². The van der Waals surface area contributed by atoms with Gasteiger partial charge in [-0.2, -0.15) is 13.2 Å². The van der Waals surface area contributed by atoms with E-state index in [1.54, 1.807) is 18.2 Å². The number of H-pyrrole nitrogens is 1. The standard InChI is InChI=1S/C30H24F3N3O7S2/c31-30(32,33)16-6-1-2-7-17(16)34-18(37)11-43-13-5-3-4-12(8-13)20-21-14-9-15(24(21)44-26-25(20)45-29(42)35-26)23-22(14)27(40)36(28(23)41)10-19(38)39/h1-8,14-15,20-24H,9-11H2,(H,34,37)(H,35,42)(H,38,39)/t14?,15?,20-,21?,22?,23?,24?/m1/s1. The van der Waals surface area contributed by atoms with Gasteiger partial charge in [0, 0.05) is 16.0 Å². The average Bonchev–Trinajstić information content (AvgIpc) is 3.72. The molecule has 2 aliphatic heterocycles. The monoisotopic (exact) mass is 659 g/mol. The van der Waals surface area contributed by atoms with Crippen molar-refractivity contribution in [2.75, 3.05) is 18.5 Å². The van der Waals surface area contributed by atoms with Crippen LogP contribution in [-0.2, 0) is 25.4 Å². The Morgan fingerprint density at radius 1 is 1.04 bits per heavy atom. The van der Waals surface area contributed by atoms with Gasteiger partial charge >= 0.3 is 17.0 Å². The highest BCUT2D eigenvalue weighted by molar-refractivity contribution is 8.00. The maximum atomic E-state index is 13.4. The molecule has 3 N–H and O–H groups in total. The summed E-state index contributed by atoms with van der Waals surface area (Å²) < 4.78 is 45.7. The van der Waals surface area contributed by atoms with Crippen molar-refractivity contribution in [3.05, 3.63) is 74.2 Å². The number of hydrogen-bond acceptors (Lipinski definition) is 8. The molecule has 10 nitrogen and oxygen atoms in total. The van der Waals surface area contributed by atoms with Crippen LogP contribution in [-0.4, -0.2) is 57.1 Å². The summed E-state index contributed by atoms with van der Waals surface area (Å²) in [5.41, 5.74) is -0.608. The third kappa shape index (κ3) is 4.92. The number of aliphatic carboxylic acids is 1. The van der Waals surface area contributed by atoms with Gasteiger partial charge in [0.2, 0.25) is 11.8 Å². The van der Waals surface area contributed by atoms with Gasteiger partial charge in [-0.05, 0) is 54.0 Å². The number of halogens is 3. The molecule has 0 radical (unpaired) electrons. The molecule has 45 heavy (non-hydrogen) atoms. The van der Waals surface area contributed by atoms with E-state index in [0.29, 0.717) is 11.4 Å². The second kappa shape index (κ2) is 10.8. The van der Waals surface area contributed by atoms with Crippen LogP contribution < -0.4 is 14.9 Å². The number of hydrogen-bond donors (Lipinski definition) is 3. The number of likely N-dealkylation sites (tertiary alicyclic amines) is 1. The molecular weight excluding hydrogens is 635 g/mol. The quantitative estimate of drug-likeness (QED) is 0.323. The van der Waals surface area contributed by atoms with Crippen LogP contribution in [0.1, 0.15) is 28.3 Å². The predicted octanol–water partition coefficient (Wildman–Crippen LogP) is 4.03. The number of imide groups is 1. The zero-order chi connectivity index (χ0) is 31.8. The Morgan fingerprint density at radius 3 is 2.51 bits per heavy atom. The zero-order valence-corrected chi connectivity index (χ0v) is 24.7. The minimum absolute atomic E-state index is 0.107. The van der Waals surface area contributed by atoms with Gasteiger partial charge in [-0.3, -0.25) is 28.9 Å². The number of anilines is 1. The first-order valence-corrected chi connectivity index (χ1v) is 15.8. The van der Waals surface area contributed by atoms with E-state index in [9.17, 15) is 42.3 Å². The number of thiazole rings is 1. The molecule has 2 aromatic carbocycles. The molecule has 7 rings (SSSR count). The van der Waals surface area contributed by atoms with Gasteiger partial charge in [0.25, 0.3) is 5.91 Å². The van der Waals surface area contributed by atoms with Crippen LogP contribution in [0.2, 0.25) is 0 Å². The summed E-state index contributed by atoms with van der Waals surface area (Å²) in [6.07, 6.45) is -4.02. The lowest BCUT2D eigenvalue weighted by Crippen LogP contribution is -2.42. The van der Waals surface area contributed by atoms with Crippen LogP contribution in [0.4, 0.5) is 18.9 Å². The number of aromatic nitrogens is 1. The van der Waals surface area contributed by atoms with Crippen molar-refractivity contribution in [1.82, 2.24) is 9.88 Å². The van der Waals surface area contributed by atoms with Crippen molar-refractivity contribution >= 4 is 52.5 Å². The van der Waals surface area contributed by atoms with E-state index < -0.39 is 60.4 Å². The fourth-order valence-electron chi connectivity index (χ4n) is 7.72. The number of alkyl halides is 3. The number of ether oxygens (including phenoxy) is 1. The molecule has 4 aliphatic rings. The highest BCUT2D eigenvalue weighted by Gasteiger charge is 2.69. The van der Waals surface area contributed by atoms with E-state index in [0.717, 1.165) is 38.8 Å². The lowest BCUT2D eigenvalue weighted by molar-refractivity contribution is -0.149. The molecule has 2 aliphatic carbocycles. The fraction of sp³-hybridized carbons (Fsp3) is 0.367. The van der Waals surface area contributed by atoms with Gasteiger partial charge in [-0.15, -0.1) is 11.8 Å². The Balaban J connectivity index is 1.15. The van der Waals surface area contributed by atoms with Crippen LogP contribution in [0, 0.1) is 29.6 Å². The number of fused-ring (bicyclic) bond motifs is 9. The molecule has 6 unspecified atom stereocenters. The van der Waals surface area contributed by atoms with Crippen molar-refractivity contribution in [2.24, 2.45) is 29.6 Å². The third-order valence-electron chi connectivity index (χ3n) is 9.20. The van der Waals surface area contributed by atoms with Crippen molar-refractivity contribution < 1.29 is 42.2 Å². The fourth-order valence-corrected chi connectivity index (χ4v) is 10.6. The maximum Gasteiger partial charge on any atom is 0.418 e. The minimum atomic E-state index is -4.65. The summed E-state index contributed by atoms with van der Waals surface area (Å²) in [6, 6.07) is 11.5. The molecule has 3 heterocycles. The average molecular weight is 660 g/mol. The highest BCUT2D eigenvalue weighted by Crippen LogP contribution is 2.68. The van der Waals surface area contributed by atoms with Crippen LogP contribution in [0.25, 0.3) is 0 Å². The number of nitrogens with one attached hydrogen (secondary N) is 2. The van der Waals surface area contributed by atoms with E-state index in [2.05, 4.69) is 10.3 Å². The molecule has 234 valence electrons. The summed E-state index contributed by atoms with van der Waals surface area (Å²) in [7, 11) is 0. The van der Waals surface area contributed by atoms with Gasteiger partial charge in [0.15, 0.2) is 6.61 Å². The molecule has 15 heteroatoms. The first kappa shape index (κ1) is 29.6.